The number of ether oxygens (including phenoxy) is 2. The first kappa shape index (κ1) is 20.7. The van der Waals surface area contributed by atoms with Gasteiger partial charge in [-0.1, -0.05) is 51.2 Å². The number of rotatable bonds is 11. The molecule has 0 radical (unpaired) electrons. The lowest BCUT2D eigenvalue weighted by atomic mass is 10.1. The van der Waals surface area contributed by atoms with Gasteiger partial charge in [0.05, 0.1) is 25.0 Å². The molecular formula is C23H29NO3. The molecule has 0 atom stereocenters. The Balaban J connectivity index is 1.76. The number of hydrogen-bond acceptors (Lipinski definition) is 4. The molecule has 0 bridgehead atoms. The van der Waals surface area contributed by atoms with Crippen molar-refractivity contribution >= 4 is 17.9 Å². The molecule has 2 aromatic rings. The summed E-state index contributed by atoms with van der Waals surface area (Å²) in [6.45, 7) is 3.00. The third-order valence-electron chi connectivity index (χ3n) is 4.30. The largest absolute Gasteiger partial charge is 0.494 e. The van der Waals surface area contributed by atoms with Crippen molar-refractivity contribution in [2.45, 2.75) is 45.4 Å². The van der Waals surface area contributed by atoms with Gasteiger partial charge in [0.15, 0.2) is 0 Å². The van der Waals surface area contributed by atoms with Crippen LogP contribution in [-0.2, 0) is 4.74 Å². The predicted octanol–water partition coefficient (Wildman–Crippen LogP) is 5.96. The molecule has 2 rings (SSSR count). The molecule has 0 fully saturated rings. The van der Waals surface area contributed by atoms with E-state index in [2.05, 4.69) is 16.7 Å². The number of nitrogens with zero attached hydrogens (tertiary/aromatic N) is 1. The van der Waals surface area contributed by atoms with Crippen LogP contribution in [0, 0.1) is 0 Å². The van der Waals surface area contributed by atoms with Crippen LogP contribution >= 0.6 is 0 Å². The molecule has 0 unspecified atom stereocenters. The molecule has 144 valence electrons. The maximum Gasteiger partial charge on any atom is 0.337 e. The van der Waals surface area contributed by atoms with Gasteiger partial charge < -0.3 is 9.47 Å². The van der Waals surface area contributed by atoms with Gasteiger partial charge in [-0.15, -0.1) is 0 Å². The summed E-state index contributed by atoms with van der Waals surface area (Å²) in [5.41, 5.74) is 2.31. The molecule has 0 aliphatic carbocycles. The zero-order valence-corrected chi connectivity index (χ0v) is 16.3. The fourth-order valence-electron chi connectivity index (χ4n) is 2.67. The van der Waals surface area contributed by atoms with Crippen LogP contribution in [0.2, 0.25) is 0 Å². The van der Waals surface area contributed by atoms with Crippen molar-refractivity contribution in [2.24, 2.45) is 4.99 Å². The molecule has 2 aromatic carbocycles. The third-order valence-corrected chi connectivity index (χ3v) is 4.30. The Morgan fingerprint density at radius 1 is 0.926 bits per heavy atom. The van der Waals surface area contributed by atoms with Gasteiger partial charge >= 0.3 is 5.97 Å². The summed E-state index contributed by atoms with van der Waals surface area (Å²) in [5, 5.41) is 0. The average molecular weight is 367 g/mol. The Labute approximate surface area is 162 Å². The molecule has 0 amide bonds. The van der Waals surface area contributed by atoms with Crippen molar-refractivity contribution in [3.05, 3.63) is 59.7 Å². The fourth-order valence-corrected chi connectivity index (χ4v) is 2.67. The number of esters is 1. The second kappa shape index (κ2) is 11.9. The van der Waals surface area contributed by atoms with E-state index >= 15 is 0 Å². The summed E-state index contributed by atoms with van der Waals surface area (Å²) in [6, 6.07) is 14.9. The van der Waals surface area contributed by atoms with E-state index in [0.717, 1.165) is 30.0 Å². The van der Waals surface area contributed by atoms with E-state index in [4.69, 9.17) is 4.74 Å². The van der Waals surface area contributed by atoms with Gasteiger partial charge in [0.1, 0.15) is 5.75 Å². The molecule has 0 saturated carbocycles. The Morgan fingerprint density at radius 3 is 2.26 bits per heavy atom. The fraction of sp³-hybridized carbons (Fsp3) is 0.391. The lowest BCUT2D eigenvalue weighted by molar-refractivity contribution is 0.0600. The van der Waals surface area contributed by atoms with Gasteiger partial charge in [0, 0.05) is 6.21 Å². The summed E-state index contributed by atoms with van der Waals surface area (Å²) in [6.07, 6.45) is 9.35. The number of benzene rings is 2. The summed E-state index contributed by atoms with van der Waals surface area (Å²) >= 11 is 0. The number of carbonyl (C=O) groups is 1. The van der Waals surface area contributed by atoms with E-state index in [-0.39, 0.29) is 5.97 Å². The second-order valence-electron chi connectivity index (χ2n) is 6.48. The normalized spacial score (nSPS) is 10.9. The molecule has 0 saturated heterocycles. The van der Waals surface area contributed by atoms with Crippen molar-refractivity contribution in [1.82, 2.24) is 0 Å². The van der Waals surface area contributed by atoms with Gasteiger partial charge in [-0.3, -0.25) is 4.99 Å². The minimum absolute atomic E-state index is 0.338. The Kier molecular flexibility index (Phi) is 9.11. The zero-order valence-electron chi connectivity index (χ0n) is 16.3. The van der Waals surface area contributed by atoms with Crippen LogP contribution in [0.1, 0.15) is 61.4 Å². The van der Waals surface area contributed by atoms with Gasteiger partial charge in [-0.25, -0.2) is 4.79 Å². The minimum atomic E-state index is -0.338. The highest BCUT2D eigenvalue weighted by Gasteiger charge is 2.03. The van der Waals surface area contributed by atoms with E-state index in [1.54, 1.807) is 18.3 Å². The molecule has 0 N–H and O–H groups in total. The SMILES string of the molecule is CCCCCCCCOc1ccc(N=Cc2ccc(C(=O)OC)cc2)cc1. The van der Waals surface area contributed by atoms with E-state index in [0.29, 0.717) is 5.56 Å². The van der Waals surface area contributed by atoms with E-state index in [1.807, 2.05) is 36.4 Å². The van der Waals surface area contributed by atoms with Crippen LogP contribution in [-0.4, -0.2) is 25.9 Å². The lowest BCUT2D eigenvalue weighted by Crippen LogP contribution is -2.00. The van der Waals surface area contributed by atoms with Crippen LogP contribution in [0.15, 0.2) is 53.5 Å². The monoisotopic (exact) mass is 367 g/mol. The van der Waals surface area contributed by atoms with Gasteiger partial charge in [-0.05, 0) is 48.4 Å². The quantitative estimate of drug-likeness (QED) is 0.279. The molecule has 0 spiro atoms. The molecule has 4 heteroatoms. The highest BCUT2D eigenvalue weighted by atomic mass is 16.5. The molecule has 0 aliphatic heterocycles. The van der Waals surface area contributed by atoms with Gasteiger partial charge in [0.2, 0.25) is 0 Å². The number of hydrogen-bond donors (Lipinski definition) is 0. The molecule has 27 heavy (non-hydrogen) atoms. The van der Waals surface area contributed by atoms with Gasteiger partial charge in [0.25, 0.3) is 0 Å². The third kappa shape index (κ3) is 7.65. The van der Waals surface area contributed by atoms with Crippen LogP contribution in [0.3, 0.4) is 0 Å². The Morgan fingerprint density at radius 2 is 1.59 bits per heavy atom. The van der Waals surface area contributed by atoms with Gasteiger partial charge in [-0.2, -0.15) is 0 Å². The summed E-state index contributed by atoms with van der Waals surface area (Å²) in [5.74, 6) is 0.542. The van der Waals surface area contributed by atoms with E-state index < -0.39 is 0 Å². The van der Waals surface area contributed by atoms with Crippen LogP contribution < -0.4 is 4.74 Å². The minimum Gasteiger partial charge on any atom is -0.494 e. The van der Waals surface area contributed by atoms with Crippen molar-refractivity contribution < 1.29 is 14.3 Å². The number of carbonyl (C=O) groups excluding carboxylic acids is 1. The standard InChI is InChI=1S/C23H29NO3/c1-3-4-5-6-7-8-17-27-22-15-13-21(14-16-22)24-18-19-9-11-20(12-10-19)23(25)26-2/h9-16,18H,3-8,17H2,1-2H3. The molecule has 0 aromatic heterocycles. The Bertz CT molecular complexity index is 705. The topological polar surface area (TPSA) is 47.9 Å². The highest BCUT2D eigenvalue weighted by molar-refractivity contribution is 5.90. The molecular weight excluding hydrogens is 338 g/mol. The van der Waals surface area contributed by atoms with Crippen LogP contribution in [0.25, 0.3) is 0 Å². The second-order valence-corrected chi connectivity index (χ2v) is 6.48. The first-order chi connectivity index (χ1) is 13.2. The smallest absolute Gasteiger partial charge is 0.337 e. The maximum atomic E-state index is 11.4. The first-order valence-corrected chi connectivity index (χ1v) is 9.68. The predicted molar refractivity (Wildman–Crippen MR) is 110 cm³/mol. The van der Waals surface area contributed by atoms with Crippen LogP contribution in [0.5, 0.6) is 5.75 Å². The van der Waals surface area contributed by atoms with Crippen molar-refractivity contribution in [2.75, 3.05) is 13.7 Å². The van der Waals surface area contributed by atoms with E-state index in [9.17, 15) is 4.79 Å². The number of methoxy groups -OCH3 is 1. The van der Waals surface area contributed by atoms with Crippen molar-refractivity contribution in [1.29, 1.82) is 0 Å². The molecule has 0 aliphatic rings. The highest BCUT2D eigenvalue weighted by Crippen LogP contribution is 2.18. The number of aliphatic imine (C=N–C) groups is 1. The lowest BCUT2D eigenvalue weighted by Gasteiger charge is -2.06. The van der Waals surface area contributed by atoms with Crippen LogP contribution in [0.4, 0.5) is 5.69 Å². The Hall–Kier alpha value is -2.62. The summed E-state index contributed by atoms with van der Waals surface area (Å²) in [4.78, 5) is 15.9. The van der Waals surface area contributed by atoms with E-state index in [1.165, 1.54) is 39.2 Å². The van der Waals surface area contributed by atoms with Crippen molar-refractivity contribution in [3.8, 4) is 5.75 Å². The molecule has 4 nitrogen and oxygen atoms in total. The average Bonchev–Trinajstić information content (AvgIpc) is 2.72. The summed E-state index contributed by atoms with van der Waals surface area (Å²) in [7, 11) is 1.37. The zero-order chi connectivity index (χ0) is 19.3. The maximum absolute atomic E-state index is 11.4. The van der Waals surface area contributed by atoms with Crippen molar-refractivity contribution in [3.63, 3.8) is 0 Å². The number of unbranched alkanes of at least 4 members (excludes halogenated alkanes) is 5. The summed E-state index contributed by atoms with van der Waals surface area (Å²) < 4.78 is 10.5. The molecule has 0 heterocycles. The first-order valence-electron chi connectivity index (χ1n) is 9.68.